The van der Waals surface area contributed by atoms with Gasteiger partial charge in [0.15, 0.2) is 6.61 Å². The second-order valence-corrected chi connectivity index (χ2v) is 9.11. The summed E-state index contributed by atoms with van der Waals surface area (Å²) in [5, 5.41) is 7.67. The minimum atomic E-state index is -0.838. The van der Waals surface area contributed by atoms with Gasteiger partial charge < -0.3 is 15.4 Å². The number of hydrogen-bond acceptors (Lipinski definition) is 4. The Kier molecular flexibility index (Phi) is 6.44. The highest BCUT2D eigenvalue weighted by atomic mass is 16.5. The van der Waals surface area contributed by atoms with Crippen molar-refractivity contribution in [1.29, 1.82) is 0 Å². The minimum Gasteiger partial charge on any atom is -0.455 e. The molecule has 2 amide bonds. The number of nitrogens with one attached hydrogen (secondary N) is 2. The summed E-state index contributed by atoms with van der Waals surface area (Å²) < 4.78 is 5.38. The molecule has 0 saturated heterocycles. The molecule has 0 aromatic heterocycles. The zero-order chi connectivity index (χ0) is 21.8. The number of rotatable bonds is 6. The second kappa shape index (κ2) is 8.86. The van der Waals surface area contributed by atoms with E-state index in [4.69, 9.17) is 4.74 Å². The summed E-state index contributed by atoms with van der Waals surface area (Å²) in [6.07, 6.45) is 3.05. The lowest BCUT2D eigenvalue weighted by Crippen LogP contribution is -2.44. The van der Waals surface area contributed by atoms with Crippen molar-refractivity contribution in [2.24, 2.45) is 5.41 Å². The molecule has 3 rings (SSSR count). The Bertz CT molecular complexity index is 934. The molecule has 30 heavy (non-hydrogen) atoms. The highest BCUT2D eigenvalue weighted by molar-refractivity contribution is 6.03. The molecule has 2 aromatic carbocycles. The van der Waals surface area contributed by atoms with E-state index < -0.39 is 17.3 Å². The van der Waals surface area contributed by atoms with Crippen molar-refractivity contribution in [3.8, 4) is 0 Å². The maximum absolute atomic E-state index is 12.9. The maximum atomic E-state index is 12.9. The maximum Gasteiger partial charge on any atom is 0.313 e. The Morgan fingerprint density at radius 3 is 2.33 bits per heavy atom. The lowest BCUT2D eigenvalue weighted by molar-refractivity contribution is -0.160. The Hall–Kier alpha value is -2.89. The van der Waals surface area contributed by atoms with Gasteiger partial charge in [-0.3, -0.25) is 14.4 Å². The number of fused-ring (bicyclic) bond motifs is 1. The molecule has 0 spiro atoms. The Balaban J connectivity index is 1.61. The number of anilines is 1. The molecule has 1 fully saturated rings. The van der Waals surface area contributed by atoms with Gasteiger partial charge in [-0.25, -0.2) is 0 Å². The molecule has 0 radical (unpaired) electrons. The van der Waals surface area contributed by atoms with Crippen molar-refractivity contribution in [2.75, 3.05) is 11.9 Å². The van der Waals surface area contributed by atoms with Crippen LogP contribution in [0.5, 0.6) is 0 Å². The molecule has 1 aliphatic carbocycles. The topological polar surface area (TPSA) is 84.5 Å². The molecule has 0 heterocycles. The summed E-state index contributed by atoms with van der Waals surface area (Å²) in [5.41, 5.74) is -0.525. The van der Waals surface area contributed by atoms with Gasteiger partial charge in [0.05, 0.1) is 5.41 Å². The molecule has 6 nitrogen and oxygen atoms in total. The van der Waals surface area contributed by atoms with Gasteiger partial charge in [-0.05, 0) is 45.1 Å². The molecule has 1 saturated carbocycles. The molecule has 0 unspecified atom stereocenters. The van der Waals surface area contributed by atoms with Crippen LogP contribution in [0.3, 0.4) is 0 Å². The van der Waals surface area contributed by atoms with Gasteiger partial charge in [0.1, 0.15) is 0 Å². The van der Waals surface area contributed by atoms with Crippen molar-refractivity contribution >= 4 is 34.2 Å². The van der Waals surface area contributed by atoms with E-state index in [1.807, 2.05) is 63.2 Å². The van der Waals surface area contributed by atoms with Crippen LogP contribution in [0.15, 0.2) is 42.5 Å². The van der Waals surface area contributed by atoms with Crippen LogP contribution in [0, 0.1) is 5.41 Å². The van der Waals surface area contributed by atoms with Crippen LogP contribution in [0.2, 0.25) is 0 Å². The first-order valence-electron chi connectivity index (χ1n) is 10.4. The number of carbonyl (C=O) groups excluding carboxylic acids is 3. The first-order chi connectivity index (χ1) is 14.2. The summed E-state index contributed by atoms with van der Waals surface area (Å²) in [5.74, 6) is -1.02. The van der Waals surface area contributed by atoms with E-state index >= 15 is 0 Å². The highest BCUT2D eigenvalue weighted by Crippen LogP contribution is 2.42. The van der Waals surface area contributed by atoms with Crippen LogP contribution in [0.1, 0.15) is 52.9 Å². The third-order valence-corrected chi connectivity index (χ3v) is 5.41. The molecule has 0 aliphatic heterocycles. The van der Waals surface area contributed by atoms with Gasteiger partial charge in [0.2, 0.25) is 5.91 Å². The van der Waals surface area contributed by atoms with Crippen molar-refractivity contribution in [3.63, 3.8) is 0 Å². The molecule has 1 aliphatic rings. The summed E-state index contributed by atoms with van der Waals surface area (Å²) >= 11 is 0. The van der Waals surface area contributed by atoms with E-state index in [9.17, 15) is 14.4 Å². The van der Waals surface area contributed by atoms with Gasteiger partial charge in [-0.15, -0.1) is 0 Å². The smallest absolute Gasteiger partial charge is 0.313 e. The van der Waals surface area contributed by atoms with E-state index in [0.29, 0.717) is 18.5 Å². The largest absolute Gasteiger partial charge is 0.455 e. The Morgan fingerprint density at radius 1 is 0.967 bits per heavy atom. The molecule has 0 atom stereocenters. The van der Waals surface area contributed by atoms with Gasteiger partial charge in [-0.1, -0.05) is 49.2 Å². The van der Waals surface area contributed by atoms with Crippen LogP contribution < -0.4 is 10.6 Å². The lowest BCUT2D eigenvalue weighted by atomic mass is 9.82. The monoisotopic (exact) mass is 410 g/mol. The third kappa shape index (κ3) is 5.38. The van der Waals surface area contributed by atoms with E-state index in [1.54, 1.807) is 0 Å². The quantitative estimate of drug-likeness (QED) is 0.700. The van der Waals surface area contributed by atoms with E-state index in [-0.39, 0.29) is 24.5 Å². The zero-order valence-electron chi connectivity index (χ0n) is 17.9. The molecule has 2 N–H and O–H groups in total. The van der Waals surface area contributed by atoms with Gasteiger partial charge in [0.25, 0.3) is 5.91 Å². The van der Waals surface area contributed by atoms with Gasteiger partial charge in [0, 0.05) is 23.0 Å². The predicted octanol–water partition coefficient (Wildman–Crippen LogP) is 4.19. The number of amides is 2. The molecular formula is C24H30N2O4. The molecule has 6 heteroatoms. The number of carbonyl (C=O) groups is 3. The van der Waals surface area contributed by atoms with E-state index in [2.05, 4.69) is 10.6 Å². The van der Waals surface area contributed by atoms with Crippen molar-refractivity contribution in [1.82, 2.24) is 5.32 Å². The van der Waals surface area contributed by atoms with E-state index in [1.165, 1.54) is 0 Å². The summed E-state index contributed by atoms with van der Waals surface area (Å²) in [6.45, 7) is 5.34. The first kappa shape index (κ1) is 21.8. The van der Waals surface area contributed by atoms with Crippen LogP contribution in [0.25, 0.3) is 10.8 Å². The van der Waals surface area contributed by atoms with Crippen LogP contribution in [0.4, 0.5) is 5.69 Å². The van der Waals surface area contributed by atoms with Gasteiger partial charge >= 0.3 is 5.97 Å². The lowest BCUT2D eigenvalue weighted by Gasteiger charge is -2.28. The second-order valence-electron chi connectivity index (χ2n) is 9.11. The van der Waals surface area contributed by atoms with Crippen LogP contribution in [-0.4, -0.2) is 29.9 Å². The fourth-order valence-corrected chi connectivity index (χ4v) is 4.08. The highest BCUT2D eigenvalue weighted by Gasteiger charge is 2.44. The third-order valence-electron chi connectivity index (χ3n) is 5.41. The zero-order valence-corrected chi connectivity index (χ0v) is 17.9. The first-order valence-corrected chi connectivity index (χ1v) is 10.4. The molecule has 0 bridgehead atoms. The van der Waals surface area contributed by atoms with Crippen molar-refractivity contribution in [2.45, 2.75) is 58.4 Å². The fourth-order valence-electron chi connectivity index (χ4n) is 4.08. The SMILES string of the molecule is CC(C)(C)NC(=O)CC1(C(=O)OCC(=O)Nc2cccc3ccccc23)CCCC1. The minimum absolute atomic E-state index is 0.0913. The van der Waals surface area contributed by atoms with Crippen LogP contribution in [-0.2, 0) is 19.1 Å². The average molecular weight is 411 g/mol. The fraction of sp³-hybridized carbons (Fsp3) is 0.458. The van der Waals surface area contributed by atoms with E-state index in [0.717, 1.165) is 23.6 Å². The Morgan fingerprint density at radius 2 is 1.63 bits per heavy atom. The van der Waals surface area contributed by atoms with Crippen molar-refractivity contribution < 1.29 is 19.1 Å². The van der Waals surface area contributed by atoms with Gasteiger partial charge in [-0.2, -0.15) is 0 Å². The number of benzene rings is 2. The molecular weight excluding hydrogens is 380 g/mol. The predicted molar refractivity (Wildman–Crippen MR) is 117 cm³/mol. The number of ether oxygens (including phenoxy) is 1. The number of hydrogen-bond donors (Lipinski definition) is 2. The van der Waals surface area contributed by atoms with Crippen molar-refractivity contribution in [3.05, 3.63) is 42.5 Å². The normalized spacial score (nSPS) is 15.6. The Labute approximate surface area is 177 Å². The number of esters is 1. The molecule has 160 valence electrons. The summed E-state index contributed by atoms with van der Waals surface area (Å²) in [7, 11) is 0. The summed E-state index contributed by atoms with van der Waals surface area (Å²) in [6, 6.07) is 13.4. The summed E-state index contributed by atoms with van der Waals surface area (Å²) in [4.78, 5) is 37.7. The molecule has 2 aromatic rings. The van der Waals surface area contributed by atoms with Crippen LogP contribution >= 0.6 is 0 Å². The standard InChI is InChI=1S/C24H30N2O4/c1-23(2,3)26-20(27)15-24(13-6-7-14-24)22(29)30-16-21(28)25-19-12-8-10-17-9-4-5-11-18(17)19/h4-5,8-12H,6-7,13-16H2,1-3H3,(H,25,28)(H,26,27). The average Bonchev–Trinajstić information content (AvgIpc) is 3.14.